The van der Waals surface area contributed by atoms with Crippen LogP contribution in [-0.2, 0) is 6.54 Å². The largest absolute Gasteiger partial charge is 0.383 e. The van der Waals surface area contributed by atoms with Gasteiger partial charge in [-0.15, -0.1) is 24.8 Å². The molecule has 3 rings (SSSR count). The molecule has 1 heterocycles. The molecule has 0 amide bonds. The van der Waals surface area contributed by atoms with Crippen molar-refractivity contribution < 1.29 is 0 Å². The van der Waals surface area contributed by atoms with Crippen LogP contribution in [0.5, 0.6) is 0 Å². The molecule has 7 heteroatoms. The summed E-state index contributed by atoms with van der Waals surface area (Å²) in [5.74, 6) is 0.620. The number of halogens is 2. The van der Waals surface area contributed by atoms with E-state index < -0.39 is 0 Å². The average Bonchev–Trinajstić information content (AvgIpc) is 2.53. The summed E-state index contributed by atoms with van der Waals surface area (Å²) in [6.45, 7) is 3.88. The number of nitrogen functional groups attached to an aromatic ring is 2. The van der Waals surface area contributed by atoms with Crippen LogP contribution in [-0.4, -0.2) is 16.5 Å². The lowest BCUT2D eigenvalue weighted by molar-refractivity contribution is 0.833. The Kier molecular flexibility index (Phi) is 7.07. The highest BCUT2D eigenvalue weighted by molar-refractivity contribution is 5.91. The van der Waals surface area contributed by atoms with Gasteiger partial charge >= 0.3 is 0 Å². The van der Waals surface area contributed by atoms with Crippen LogP contribution in [0.2, 0.25) is 0 Å². The van der Waals surface area contributed by atoms with Crippen molar-refractivity contribution in [1.82, 2.24) is 9.97 Å². The predicted molar refractivity (Wildman–Crippen MR) is 106 cm³/mol. The van der Waals surface area contributed by atoms with Crippen molar-refractivity contribution in [1.29, 1.82) is 0 Å². The Balaban J connectivity index is 0.00000144. The summed E-state index contributed by atoms with van der Waals surface area (Å²) in [6.07, 6.45) is 0. The summed E-state index contributed by atoms with van der Waals surface area (Å²) in [6, 6.07) is 16.4. The van der Waals surface area contributed by atoms with E-state index >= 15 is 0 Å². The smallest absolute Gasteiger partial charge is 0.222 e. The maximum Gasteiger partial charge on any atom is 0.222 e. The summed E-state index contributed by atoms with van der Waals surface area (Å²) in [4.78, 5) is 10.5. The lowest BCUT2D eigenvalue weighted by Gasteiger charge is -2.23. The normalized spacial score (nSPS) is 9.88. The van der Waals surface area contributed by atoms with Crippen LogP contribution in [0.4, 0.5) is 17.5 Å². The van der Waals surface area contributed by atoms with Gasteiger partial charge in [0, 0.05) is 24.2 Å². The molecule has 0 atom stereocenters. The molecule has 5 nitrogen and oxygen atoms in total. The van der Waals surface area contributed by atoms with Crippen LogP contribution < -0.4 is 16.4 Å². The van der Waals surface area contributed by atoms with Crippen molar-refractivity contribution in [3.05, 3.63) is 54.1 Å². The second-order valence-corrected chi connectivity index (χ2v) is 5.17. The van der Waals surface area contributed by atoms with E-state index in [9.17, 15) is 0 Å². The Morgan fingerprint density at radius 2 is 1.67 bits per heavy atom. The van der Waals surface area contributed by atoms with E-state index in [1.54, 1.807) is 0 Å². The molecule has 0 spiro atoms. The Hall–Kier alpha value is -2.24. The van der Waals surface area contributed by atoms with Crippen molar-refractivity contribution in [3.8, 4) is 0 Å². The minimum atomic E-state index is 0. The Morgan fingerprint density at radius 3 is 2.33 bits per heavy atom. The van der Waals surface area contributed by atoms with E-state index in [2.05, 4.69) is 46.1 Å². The molecule has 0 unspecified atom stereocenters. The Bertz CT molecular complexity index is 796. The standard InChI is InChI=1S/C17H19N5.2ClH/c1-2-22(11-12-6-4-3-5-7-12)13-8-9-15-14(10-13)16(18)21-17(19)20-15;;/h3-10H,2,11H2,1H3,(H4,18,19,20,21);2*1H. The number of hydrogen-bond acceptors (Lipinski definition) is 5. The van der Waals surface area contributed by atoms with Crippen molar-refractivity contribution in [2.45, 2.75) is 13.5 Å². The molecular weight excluding hydrogens is 345 g/mol. The monoisotopic (exact) mass is 365 g/mol. The van der Waals surface area contributed by atoms with Gasteiger partial charge in [0.15, 0.2) is 0 Å². The third kappa shape index (κ3) is 4.19. The third-order valence-electron chi connectivity index (χ3n) is 3.69. The van der Waals surface area contributed by atoms with Crippen LogP contribution >= 0.6 is 24.8 Å². The molecule has 128 valence electrons. The lowest BCUT2D eigenvalue weighted by Crippen LogP contribution is -2.21. The van der Waals surface area contributed by atoms with Crippen molar-refractivity contribution in [2.75, 3.05) is 22.9 Å². The zero-order chi connectivity index (χ0) is 15.5. The first-order chi connectivity index (χ1) is 10.7. The van der Waals surface area contributed by atoms with Gasteiger partial charge < -0.3 is 16.4 Å². The van der Waals surface area contributed by atoms with Crippen LogP contribution in [0.3, 0.4) is 0 Å². The molecule has 4 N–H and O–H groups in total. The molecule has 3 aromatic rings. The van der Waals surface area contributed by atoms with E-state index in [4.69, 9.17) is 11.5 Å². The van der Waals surface area contributed by atoms with Crippen molar-refractivity contribution in [3.63, 3.8) is 0 Å². The third-order valence-corrected chi connectivity index (χ3v) is 3.69. The van der Waals surface area contributed by atoms with Gasteiger partial charge in [-0.1, -0.05) is 30.3 Å². The molecule has 0 bridgehead atoms. The highest BCUT2D eigenvalue weighted by Crippen LogP contribution is 2.26. The number of anilines is 3. The molecule has 1 aromatic heterocycles. The molecule has 0 saturated carbocycles. The Labute approximate surface area is 153 Å². The van der Waals surface area contributed by atoms with Crippen molar-refractivity contribution in [2.24, 2.45) is 0 Å². The van der Waals surface area contributed by atoms with Gasteiger partial charge in [-0.3, -0.25) is 0 Å². The quantitative estimate of drug-likeness (QED) is 0.736. The predicted octanol–water partition coefficient (Wildman–Crippen LogP) is 3.66. The number of aromatic nitrogens is 2. The number of fused-ring (bicyclic) bond motifs is 1. The number of benzene rings is 2. The van der Waals surface area contributed by atoms with E-state index in [1.807, 2.05) is 24.3 Å². The van der Waals surface area contributed by atoms with Crippen LogP contribution in [0.15, 0.2) is 48.5 Å². The van der Waals surface area contributed by atoms with Crippen LogP contribution in [0.25, 0.3) is 10.9 Å². The van der Waals surface area contributed by atoms with Gasteiger partial charge in [0.2, 0.25) is 5.95 Å². The first-order valence-electron chi connectivity index (χ1n) is 7.29. The second-order valence-electron chi connectivity index (χ2n) is 5.17. The minimum absolute atomic E-state index is 0. The van der Waals surface area contributed by atoms with Gasteiger partial charge in [0.1, 0.15) is 5.82 Å². The maximum atomic E-state index is 5.97. The van der Waals surface area contributed by atoms with Crippen LogP contribution in [0.1, 0.15) is 12.5 Å². The van der Waals surface area contributed by atoms with Gasteiger partial charge in [-0.25, -0.2) is 4.98 Å². The summed E-state index contributed by atoms with van der Waals surface area (Å²) < 4.78 is 0. The van der Waals surface area contributed by atoms with E-state index in [1.165, 1.54) is 5.56 Å². The molecule has 0 radical (unpaired) electrons. The lowest BCUT2D eigenvalue weighted by atomic mass is 10.1. The van der Waals surface area contributed by atoms with Gasteiger partial charge in [-0.05, 0) is 30.7 Å². The van der Waals surface area contributed by atoms with Crippen molar-refractivity contribution >= 4 is 53.2 Å². The second kappa shape index (κ2) is 8.57. The molecule has 0 aliphatic heterocycles. The minimum Gasteiger partial charge on any atom is -0.383 e. The number of nitrogens with two attached hydrogens (primary N) is 2. The maximum absolute atomic E-state index is 5.97. The SMILES string of the molecule is CCN(Cc1ccccc1)c1ccc2nc(N)nc(N)c2c1.Cl.Cl. The fourth-order valence-corrected chi connectivity index (χ4v) is 2.54. The average molecular weight is 366 g/mol. The zero-order valence-corrected chi connectivity index (χ0v) is 15.0. The molecule has 2 aromatic carbocycles. The fourth-order valence-electron chi connectivity index (χ4n) is 2.54. The van der Waals surface area contributed by atoms with Crippen LogP contribution in [0, 0.1) is 0 Å². The summed E-state index contributed by atoms with van der Waals surface area (Å²) in [5.41, 5.74) is 14.7. The first kappa shape index (κ1) is 19.8. The summed E-state index contributed by atoms with van der Waals surface area (Å²) in [7, 11) is 0. The van der Waals surface area contributed by atoms with E-state index in [0.29, 0.717) is 5.82 Å². The number of nitrogens with zero attached hydrogens (tertiary/aromatic N) is 3. The number of rotatable bonds is 4. The van der Waals surface area contributed by atoms with Gasteiger partial charge in [0.25, 0.3) is 0 Å². The summed E-state index contributed by atoms with van der Waals surface area (Å²) in [5, 5.41) is 0.832. The molecule has 0 fully saturated rings. The molecular formula is C17H21Cl2N5. The summed E-state index contributed by atoms with van der Waals surface area (Å²) >= 11 is 0. The molecule has 0 saturated heterocycles. The molecule has 0 aliphatic rings. The fraction of sp³-hybridized carbons (Fsp3) is 0.176. The van der Waals surface area contributed by atoms with E-state index in [-0.39, 0.29) is 30.8 Å². The molecule has 0 aliphatic carbocycles. The zero-order valence-electron chi connectivity index (χ0n) is 13.3. The first-order valence-corrected chi connectivity index (χ1v) is 7.29. The molecule has 24 heavy (non-hydrogen) atoms. The topological polar surface area (TPSA) is 81.1 Å². The highest BCUT2D eigenvalue weighted by Gasteiger charge is 2.09. The van der Waals surface area contributed by atoms with Gasteiger partial charge in [0.05, 0.1) is 5.52 Å². The number of hydrogen-bond donors (Lipinski definition) is 2. The Morgan fingerprint density at radius 1 is 0.958 bits per heavy atom. The van der Waals surface area contributed by atoms with E-state index in [0.717, 1.165) is 29.7 Å². The van der Waals surface area contributed by atoms with Gasteiger partial charge in [-0.2, -0.15) is 4.98 Å². The highest BCUT2D eigenvalue weighted by atomic mass is 35.5.